The van der Waals surface area contributed by atoms with E-state index < -0.39 is 17.9 Å². The quantitative estimate of drug-likeness (QED) is 0.817. The van der Waals surface area contributed by atoms with Crippen LogP contribution in [0.4, 0.5) is 5.95 Å². The first kappa shape index (κ1) is 14.0. The van der Waals surface area contributed by atoms with Gasteiger partial charge in [-0.25, -0.2) is 4.68 Å². The molecule has 0 aliphatic carbocycles. The lowest BCUT2D eigenvalue weighted by Gasteiger charge is -2.31. The molecule has 20 heavy (non-hydrogen) atoms. The number of nitrogens with one attached hydrogen (secondary N) is 1. The Morgan fingerprint density at radius 1 is 1.50 bits per heavy atom. The summed E-state index contributed by atoms with van der Waals surface area (Å²) in [5, 5.41) is 15.4. The van der Waals surface area contributed by atoms with Crippen LogP contribution in [-0.2, 0) is 9.59 Å². The first-order valence-corrected chi connectivity index (χ1v) is 6.22. The highest BCUT2D eigenvalue weighted by molar-refractivity contribution is 5.98. The number of carbonyl (C=O) groups is 2. The van der Waals surface area contributed by atoms with E-state index in [0.717, 1.165) is 5.70 Å². The van der Waals surface area contributed by atoms with Gasteiger partial charge in [0.15, 0.2) is 0 Å². The smallest absolute Gasteiger partial charge is 0.325 e. The lowest BCUT2D eigenvalue weighted by Crippen LogP contribution is -2.43. The van der Waals surface area contributed by atoms with Crippen LogP contribution in [0.25, 0.3) is 0 Å². The van der Waals surface area contributed by atoms with Crippen molar-refractivity contribution in [3.63, 3.8) is 0 Å². The molecule has 2 rings (SSSR count). The molecule has 0 aromatic carbocycles. The average molecular weight is 279 g/mol. The Morgan fingerprint density at radius 2 is 2.15 bits per heavy atom. The maximum atomic E-state index is 12.3. The van der Waals surface area contributed by atoms with Crippen molar-refractivity contribution >= 4 is 17.8 Å². The molecule has 8 heteroatoms. The van der Waals surface area contributed by atoms with Crippen molar-refractivity contribution < 1.29 is 14.7 Å². The molecular weight excluding hydrogens is 262 g/mol. The molecule has 2 N–H and O–H groups in total. The van der Waals surface area contributed by atoms with Crippen LogP contribution in [0.2, 0.25) is 0 Å². The Morgan fingerprint density at radius 3 is 2.75 bits per heavy atom. The standard InChI is InChI=1S/C12H17N5O3/c1-6(11(19)20)15-10(18)9-7(2)16(4)12-13-5-14-17(12)8(9)3/h5-6,8H,1-4H3,(H,15,18)(H,19,20)/t6-,8?/m1/s1. The van der Waals surface area contributed by atoms with Gasteiger partial charge in [-0.05, 0) is 20.8 Å². The number of nitrogens with zero attached hydrogens (tertiary/aromatic N) is 4. The van der Waals surface area contributed by atoms with E-state index in [-0.39, 0.29) is 6.04 Å². The number of carboxylic acid groups (broad SMARTS) is 1. The molecule has 1 aromatic rings. The number of hydrogen-bond donors (Lipinski definition) is 2. The Hall–Kier alpha value is -2.38. The highest BCUT2D eigenvalue weighted by Gasteiger charge is 2.32. The second-order valence-electron chi connectivity index (χ2n) is 4.77. The number of amides is 1. The van der Waals surface area contributed by atoms with Gasteiger partial charge in [0.05, 0.1) is 11.6 Å². The number of aromatic nitrogens is 3. The number of allylic oxidation sites excluding steroid dienone is 1. The Bertz CT molecular complexity index is 592. The van der Waals surface area contributed by atoms with Crippen LogP contribution in [-0.4, -0.2) is 44.8 Å². The van der Waals surface area contributed by atoms with Gasteiger partial charge < -0.3 is 15.3 Å². The third-order valence-corrected chi connectivity index (χ3v) is 3.49. The largest absolute Gasteiger partial charge is 0.480 e. The van der Waals surface area contributed by atoms with Crippen LogP contribution >= 0.6 is 0 Å². The van der Waals surface area contributed by atoms with Gasteiger partial charge >= 0.3 is 5.97 Å². The molecule has 0 radical (unpaired) electrons. The van der Waals surface area contributed by atoms with Gasteiger partial charge in [0.1, 0.15) is 12.4 Å². The van der Waals surface area contributed by atoms with Gasteiger partial charge in [-0.1, -0.05) is 0 Å². The predicted molar refractivity (Wildman–Crippen MR) is 71.1 cm³/mol. The molecular formula is C12H17N5O3. The van der Waals surface area contributed by atoms with Gasteiger partial charge in [0, 0.05) is 12.7 Å². The molecule has 0 bridgehead atoms. The SMILES string of the molecule is CC1=C(C(=O)N[C@H](C)C(=O)O)C(C)n2ncnc2N1C. The highest BCUT2D eigenvalue weighted by Crippen LogP contribution is 2.32. The van der Waals surface area contributed by atoms with Gasteiger partial charge in [-0.3, -0.25) is 9.59 Å². The monoisotopic (exact) mass is 279 g/mol. The van der Waals surface area contributed by atoms with Crippen LogP contribution in [0.1, 0.15) is 26.8 Å². The first-order chi connectivity index (χ1) is 9.34. The van der Waals surface area contributed by atoms with Gasteiger partial charge in [0.25, 0.3) is 5.91 Å². The van der Waals surface area contributed by atoms with Gasteiger partial charge in [0.2, 0.25) is 5.95 Å². The molecule has 2 heterocycles. The number of fused-ring (bicyclic) bond motifs is 1. The zero-order valence-electron chi connectivity index (χ0n) is 11.8. The van der Waals surface area contributed by atoms with E-state index >= 15 is 0 Å². The molecule has 2 atom stereocenters. The maximum Gasteiger partial charge on any atom is 0.325 e. The van der Waals surface area contributed by atoms with Crippen LogP contribution in [0.3, 0.4) is 0 Å². The van der Waals surface area contributed by atoms with Crippen LogP contribution in [0, 0.1) is 0 Å². The first-order valence-electron chi connectivity index (χ1n) is 6.22. The van der Waals surface area contributed by atoms with Crippen molar-refractivity contribution in [3.05, 3.63) is 17.6 Å². The molecule has 1 aliphatic heterocycles. The number of carbonyl (C=O) groups excluding carboxylic acids is 1. The second-order valence-corrected chi connectivity index (χ2v) is 4.77. The van der Waals surface area contributed by atoms with E-state index in [1.165, 1.54) is 13.3 Å². The number of carboxylic acids is 1. The summed E-state index contributed by atoms with van der Waals surface area (Å²) in [6.45, 7) is 5.05. The summed E-state index contributed by atoms with van der Waals surface area (Å²) < 4.78 is 1.63. The Balaban J connectivity index is 2.33. The van der Waals surface area contributed by atoms with E-state index in [9.17, 15) is 9.59 Å². The summed E-state index contributed by atoms with van der Waals surface area (Å²) in [5.74, 6) is -0.828. The molecule has 1 aliphatic rings. The Kier molecular flexibility index (Phi) is 3.47. The summed E-state index contributed by atoms with van der Waals surface area (Å²) in [5.41, 5.74) is 1.21. The number of anilines is 1. The van der Waals surface area contributed by atoms with Crippen molar-refractivity contribution in [2.75, 3.05) is 11.9 Å². The predicted octanol–water partition coefficient (Wildman–Crippen LogP) is 0.152. The van der Waals surface area contributed by atoms with E-state index in [1.54, 1.807) is 23.6 Å². The minimum absolute atomic E-state index is 0.301. The van der Waals surface area contributed by atoms with Crippen molar-refractivity contribution in [1.29, 1.82) is 0 Å². The zero-order chi connectivity index (χ0) is 15.0. The fraction of sp³-hybridized carbons (Fsp3) is 0.500. The molecule has 1 aromatic heterocycles. The van der Waals surface area contributed by atoms with Crippen molar-refractivity contribution in [2.24, 2.45) is 0 Å². The van der Waals surface area contributed by atoms with Gasteiger partial charge in [-0.15, -0.1) is 0 Å². The number of rotatable bonds is 3. The van der Waals surface area contributed by atoms with Crippen LogP contribution in [0.5, 0.6) is 0 Å². The molecule has 0 saturated carbocycles. The molecule has 108 valence electrons. The number of aliphatic carboxylic acids is 1. The molecule has 0 spiro atoms. The topological polar surface area (TPSA) is 100 Å². The van der Waals surface area contributed by atoms with E-state index in [1.807, 2.05) is 6.92 Å². The summed E-state index contributed by atoms with van der Waals surface area (Å²) >= 11 is 0. The van der Waals surface area contributed by atoms with Gasteiger partial charge in [-0.2, -0.15) is 10.1 Å². The highest BCUT2D eigenvalue weighted by atomic mass is 16.4. The normalized spacial score (nSPS) is 19.6. The summed E-state index contributed by atoms with van der Waals surface area (Å²) in [6, 6.07) is -1.25. The van der Waals surface area contributed by atoms with E-state index in [4.69, 9.17) is 5.11 Å². The zero-order valence-corrected chi connectivity index (χ0v) is 11.8. The van der Waals surface area contributed by atoms with E-state index in [2.05, 4.69) is 15.4 Å². The van der Waals surface area contributed by atoms with Crippen LogP contribution in [0.15, 0.2) is 17.6 Å². The van der Waals surface area contributed by atoms with Crippen molar-refractivity contribution in [2.45, 2.75) is 32.9 Å². The molecule has 8 nitrogen and oxygen atoms in total. The fourth-order valence-corrected chi connectivity index (χ4v) is 2.20. The van der Waals surface area contributed by atoms with Crippen molar-refractivity contribution in [1.82, 2.24) is 20.1 Å². The summed E-state index contributed by atoms with van der Waals surface area (Å²) in [4.78, 5) is 29.0. The summed E-state index contributed by atoms with van der Waals surface area (Å²) in [6.07, 6.45) is 1.43. The number of hydrogen-bond acceptors (Lipinski definition) is 5. The second kappa shape index (κ2) is 4.95. The third kappa shape index (κ3) is 2.13. The summed E-state index contributed by atoms with van der Waals surface area (Å²) in [7, 11) is 1.79. The lowest BCUT2D eigenvalue weighted by molar-refractivity contribution is -0.140. The molecule has 1 unspecified atom stereocenters. The minimum Gasteiger partial charge on any atom is -0.480 e. The molecule has 0 saturated heterocycles. The third-order valence-electron chi connectivity index (χ3n) is 3.49. The fourth-order valence-electron chi connectivity index (χ4n) is 2.20. The lowest BCUT2D eigenvalue weighted by atomic mass is 10.0. The van der Waals surface area contributed by atoms with Crippen LogP contribution < -0.4 is 10.2 Å². The van der Waals surface area contributed by atoms with E-state index in [0.29, 0.717) is 11.5 Å². The molecule has 1 amide bonds. The molecule has 0 fully saturated rings. The minimum atomic E-state index is -1.07. The average Bonchev–Trinajstić information content (AvgIpc) is 2.85. The maximum absolute atomic E-state index is 12.3. The van der Waals surface area contributed by atoms with Crippen molar-refractivity contribution in [3.8, 4) is 0 Å². The Labute approximate surface area is 116 Å².